The molecule has 0 rings (SSSR count). The summed E-state index contributed by atoms with van der Waals surface area (Å²) in [6.07, 6.45) is 13.0. The van der Waals surface area contributed by atoms with E-state index >= 15 is 0 Å². The molecule has 1 unspecified atom stereocenters. The second kappa shape index (κ2) is 17.5. The first-order valence-corrected chi connectivity index (χ1v) is 12.1. The molecule has 0 N–H and O–H groups in total. The minimum atomic E-state index is -3.56. The standard InChI is InChI=1S/C21H36N4O2S/c1-21(20-24)28(26,27)25(18-14-10-6-2-4-8-12-16-22)19-15-11-7-3-5-9-13-17-23/h21H,2-15,18-19H2,1H3. The molecule has 0 spiro atoms. The summed E-state index contributed by atoms with van der Waals surface area (Å²) in [4.78, 5) is 0. The number of nitriles is 3. The first kappa shape index (κ1) is 26.4. The number of unbranched alkanes of at least 4 members (excludes halogenated alkanes) is 12. The van der Waals surface area contributed by atoms with Crippen molar-refractivity contribution in [2.75, 3.05) is 13.1 Å². The molecule has 0 aromatic carbocycles. The number of hydrogen-bond acceptors (Lipinski definition) is 5. The van der Waals surface area contributed by atoms with Gasteiger partial charge in [-0.25, -0.2) is 12.7 Å². The van der Waals surface area contributed by atoms with Crippen molar-refractivity contribution in [2.45, 2.75) is 102 Å². The fraction of sp³-hybridized carbons (Fsp3) is 0.857. The third-order valence-corrected chi connectivity index (χ3v) is 6.96. The molecular weight excluding hydrogens is 372 g/mol. The molecule has 0 aliphatic heterocycles. The Morgan fingerprint density at radius 2 is 1.04 bits per heavy atom. The average molecular weight is 409 g/mol. The molecule has 28 heavy (non-hydrogen) atoms. The highest BCUT2D eigenvalue weighted by molar-refractivity contribution is 7.89. The van der Waals surface area contributed by atoms with Crippen LogP contribution in [0, 0.1) is 34.0 Å². The van der Waals surface area contributed by atoms with E-state index in [1.54, 1.807) is 0 Å². The van der Waals surface area contributed by atoms with Gasteiger partial charge in [0.25, 0.3) is 0 Å². The van der Waals surface area contributed by atoms with Gasteiger partial charge in [-0.3, -0.25) is 0 Å². The Kier molecular flexibility index (Phi) is 16.5. The molecule has 0 amide bonds. The van der Waals surface area contributed by atoms with Crippen molar-refractivity contribution >= 4 is 10.0 Å². The van der Waals surface area contributed by atoms with Crippen molar-refractivity contribution in [2.24, 2.45) is 0 Å². The largest absolute Gasteiger partial charge is 0.230 e. The third kappa shape index (κ3) is 12.7. The minimum Gasteiger partial charge on any atom is -0.211 e. The van der Waals surface area contributed by atoms with Gasteiger partial charge in [0.1, 0.15) is 0 Å². The van der Waals surface area contributed by atoms with Gasteiger partial charge in [0.2, 0.25) is 10.0 Å². The van der Waals surface area contributed by atoms with Crippen LogP contribution in [0.1, 0.15) is 96.8 Å². The maximum absolute atomic E-state index is 12.6. The molecule has 0 radical (unpaired) electrons. The Morgan fingerprint density at radius 1 is 0.679 bits per heavy atom. The lowest BCUT2D eigenvalue weighted by atomic mass is 10.1. The van der Waals surface area contributed by atoms with E-state index in [0.717, 1.165) is 77.0 Å². The van der Waals surface area contributed by atoms with E-state index in [2.05, 4.69) is 12.1 Å². The lowest BCUT2D eigenvalue weighted by molar-refractivity contribution is 0.381. The Labute approximate surface area is 172 Å². The smallest absolute Gasteiger partial charge is 0.211 e. The lowest BCUT2D eigenvalue weighted by Crippen LogP contribution is -2.38. The van der Waals surface area contributed by atoms with Crippen LogP contribution in [0.3, 0.4) is 0 Å². The summed E-state index contributed by atoms with van der Waals surface area (Å²) in [5.41, 5.74) is 0. The van der Waals surface area contributed by atoms with Gasteiger partial charge in [-0.15, -0.1) is 0 Å². The monoisotopic (exact) mass is 408 g/mol. The molecular formula is C21H36N4O2S. The van der Waals surface area contributed by atoms with Gasteiger partial charge in [-0.05, 0) is 32.6 Å². The van der Waals surface area contributed by atoms with Crippen molar-refractivity contribution in [3.05, 3.63) is 0 Å². The van der Waals surface area contributed by atoms with Gasteiger partial charge in [0.15, 0.2) is 5.25 Å². The van der Waals surface area contributed by atoms with Crippen molar-refractivity contribution in [3.63, 3.8) is 0 Å². The van der Waals surface area contributed by atoms with Gasteiger partial charge >= 0.3 is 0 Å². The van der Waals surface area contributed by atoms with E-state index in [-0.39, 0.29) is 0 Å². The van der Waals surface area contributed by atoms with Crippen LogP contribution in [0.25, 0.3) is 0 Å². The Bertz CT molecular complexity index is 584. The van der Waals surface area contributed by atoms with Gasteiger partial charge < -0.3 is 0 Å². The summed E-state index contributed by atoms with van der Waals surface area (Å²) in [6, 6.07) is 6.16. The zero-order chi connectivity index (χ0) is 21.1. The predicted octanol–water partition coefficient (Wildman–Crippen LogP) is 5.04. The molecule has 0 fully saturated rings. The summed E-state index contributed by atoms with van der Waals surface area (Å²) in [5.74, 6) is 0. The van der Waals surface area contributed by atoms with E-state index in [0.29, 0.717) is 25.9 Å². The average Bonchev–Trinajstić information content (AvgIpc) is 2.69. The van der Waals surface area contributed by atoms with E-state index in [1.165, 1.54) is 11.2 Å². The molecule has 0 heterocycles. The van der Waals surface area contributed by atoms with Crippen LogP contribution >= 0.6 is 0 Å². The molecule has 158 valence electrons. The van der Waals surface area contributed by atoms with Crippen molar-refractivity contribution in [1.82, 2.24) is 4.31 Å². The maximum Gasteiger partial charge on any atom is 0.230 e. The highest BCUT2D eigenvalue weighted by Gasteiger charge is 2.27. The highest BCUT2D eigenvalue weighted by atomic mass is 32.2. The predicted molar refractivity (Wildman–Crippen MR) is 111 cm³/mol. The normalized spacial score (nSPS) is 12.2. The fourth-order valence-electron chi connectivity index (χ4n) is 3.06. The second-order valence-electron chi connectivity index (χ2n) is 7.27. The molecule has 0 aliphatic carbocycles. The van der Waals surface area contributed by atoms with E-state index in [4.69, 9.17) is 15.8 Å². The summed E-state index contributed by atoms with van der Waals surface area (Å²) in [6.45, 7) is 2.41. The van der Waals surface area contributed by atoms with Crippen LogP contribution in [0.2, 0.25) is 0 Å². The number of rotatable bonds is 18. The summed E-state index contributed by atoms with van der Waals surface area (Å²) < 4.78 is 26.7. The molecule has 0 aliphatic rings. The van der Waals surface area contributed by atoms with Crippen LogP contribution in [-0.2, 0) is 10.0 Å². The molecule has 6 nitrogen and oxygen atoms in total. The summed E-state index contributed by atoms with van der Waals surface area (Å²) >= 11 is 0. The zero-order valence-corrected chi connectivity index (χ0v) is 18.2. The van der Waals surface area contributed by atoms with E-state index in [1.807, 2.05) is 6.07 Å². The van der Waals surface area contributed by atoms with Crippen LogP contribution in [-0.4, -0.2) is 31.1 Å². The molecule has 0 saturated carbocycles. The SMILES string of the molecule is CC(C#N)S(=O)(=O)N(CCCCCCCCC#N)CCCCCCCCC#N. The zero-order valence-electron chi connectivity index (χ0n) is 17.4. The Morgan fingerprint density at radius 3 is 1.39 bits per heavy atom. The van der Waals surface area contributed by atoms with Crippen molar-refractivity contribution in [1.29, 1.82) is 15.8 Å². The number of nitrogens with zero attached hydrogens (tertiary/aromatic N) is 4. The molecule has 0 bridgehead atoms. The Balaban J connectivity index is 4.23. The van der Waals surface area contributed by atoms with Crippen LogP contribution < -0.4 is 0 Å². The van der Waals surface area contributed by atoms with Gasteiger partial charge in [0.05, 0.1) is 18.2 Å². The topological polar surface area (TPSA) is 109 Å². The van der Waals surface area contributed by atoms with Crippen LogP contribution in [0.15, 0.2) is 0 Å². The van der Waals surface area contributed by atoms with Crippen molar-refractivity contribution in [3.8, 4) is 18.2 Å². The van der Waals surface area contributed by atoms with E-state index < -0.39 is 15.3 Å². The minimum absolute atomic E-state index is 0.481. The lowest BCUT2D eigenvalue weighted by Gasteiger charge is -2.23. The molecule has 0 saturated heterocycles. The van der Waals surface area contributed by atoms with E-state index in [9.17, 15) is 8.42 Å². The molecule has 7 heteroatoms. The maximum atomic E-state index is 12.6. The summed E-state index contributed by atoms with van der Waals surface area (Å²) in [7, 11) is -3.56. The van der Waals surface area contributed by atoms with Crippen LogP contribution in [0.5, 0.6) is 0 Å². The molecule has 0 aromatic heterocycles. The first-order valence-electron chi connectivity index (χ1n) is 10.6. The highest BCUT2D eigenvalue weighted by Crippen LogP contribution is 2.15. The summed E-state index contributed by atoms with van der Waals surface area (Å²) in [5, 5.41) is 25.1. The van der Waals surface area contributed by atoms with Gasteiger partial charge in [-0.1, -0.05) is 51.4 Å². The molecule has 1 atom stereocenters. The van der Waals surface area contributed by atoms with Crippen LogP contribution in [0.4, 0.5) is 0 Å². The number of hydrogen-bond donors (Lipinski definition) is 0. The molecule has 0 aromatic rings. The number of sulfonamides is 1. The van der Waals surface area contributed by atoms with Gasteiger partial charge in [0, 0.05) is 25.9 Å². The fourth-order valence-corrected chi connectivity index (χ4v) is 4.40. The van der Waals surface area contributed by atoms with Gasteiger partial charge in [-0.2, -0.15) is 15.8 Å². The quantitative estimate of drug-likeness (QED) is 0.295. The first-order chi connectivity index (χ1) is 13.5. The third-order valence-electron chi connectivity index (χ3n) is 4.88. The van der Waals surface area contributed by atoms with Crippen molar-refractivity contribution < 1.29 is 8.42 Å². The Hall–Kier alpha value is -1.62. The second-order valence-corrected chi connectivity index (χ2v) is 9.53.